The normalized spacial score (nSPS) is 9.62. The zero-order valence-electron chi connectivity index (χ0n) is 6.89. The van der Waals surface area contributed by atoms with Crippen LogP contribution in [-0.4, -0.2) is 21.9 Å². The largest absolute Gasteiger partial charge is 0.361 e. The van der Waals surface area contributed by atoms with E-state index in [0.29, 0.717) is 18.1 Å². The number of hydrogen-bond donors (Lipinski definition) is 5. The first-order valence-electron chi connectivity index (χ1n) is 3.73. The van der Waals surface area contributed by atoms with Gasteiger partial charge in [-0.25, -0.2) is 5.84 Å². The van der Waals surface area contributed by atoms with Crippen molar-refractivity contribution in [1.29, 1.82) is 0 Å². The smallest absolute Gasteiger partial charge is 0.264 e. The molecule has 0 unspecified atom stereocenters. The van der Waals surface area contributed by atoms with E-state index in [0.717, 1.165) is 5.69 Å². The third-order valence-corrected chi connectivity index (χ3v) is 1.72. The molecular weight excluding hydrogens is 190 g/mol. The lowest BCUT2D eigenvalue weighted by atomic mass is 10.3. The van der Waals surface area contributed by atoms with E-state index in [-0.39, 0.29) is 5.56 Å². The first kappa shape index (κ1) is 9.75. The van der Waals surface area contributed by atoms with Crippen LogP contribution in [0.15, 0.2) is 10.9 Å². The summed E-state index contributed by atoms with van der Waals surface area (Å²) >= 11 is 4.75. The minimum Gasteiger partial charge on any atom is -0.361 e. The lowest BCUT2D eigenvalue weighted by Crippen LogP contribution is -2.40. The van der Waals surface area contributed by atoms with Crippen LogP contribution in [-0.2, 0) is 6.42 Å². The van der Waals surface area contributed by atoms with Crippen LogP contribution in [0.1, 0.15) is 5.69 Å². The van der Waals surface area contributed by atoms with Crippen molar-refractivity contribution < 1.29 is 0 Å². The maximum Gasteiger partial charge on any atom is 0.264 e. The number of thiocarbonyl (C=S) groups is 1. The fraction of sp³-hybridized carbons (Fsp3) is 0.333. The number of nitrogens with two attached hydrogens (primary N) is 1. The van der Waals surface area contributed by atoms with E-state index in [9.17, 15) is 4.79 Å². The van der Waals surface area contributed by atoms with E-state index in [1.54, 1.807) is 0 Å². The lowest BCUT2D eigenvalue weighted by molar-refractivity contribution is 0.812. The summed E-state index contributed by atoms with van der Waals surface area (Å²) in [6, 6.07) is 1.50. The molecule has 0 radical (unpaired) electrons. The summed E-state index contributed by atoms with van der Waals surface area (Å²) in [7, 11) is 0. The highest BCUT2D eigenvalue weighted by Gasteiger charge is 1.96. The van der Waals surface area contributed by atoms with E-state index in [4.69, 9.17) is 18.1 Å². The van der Waals surface area contributed by atoms with Gasteiger partial charge in [0.2, 0.25) is 0 Å². The molecule has 0 bridgehead atoms. The molecule has 0 aliphatic rings. The lowest BCUT2D eigenvalue weighted by Gasteiger charge is -2.04. The van der Waals surface area contributed by atoms with E-state index < -0.39 is 0 Å². The van der Waals surface area contributed by atoms with Crippen molar-refractivity contribution in [2.75, 3.05) is 6.54 Å². The van der Waals surface area contributed by atoms with E-state index in [1.165, 1.54) is 6.07 Å². The second-order valence-corrected chi connectivity index (χ2v) is 2.84. The Morgan fingerprint density at radius 2 is 2.38 bits per heavy atom. The molecule has 0 aliphatic heterocycles. The summed E-state index contributed by atoms with van der Waals surface area (Å²) in [6.07, 6.45) is 0.681. The van der Waals surface area contributed by atoms with Crippen molar-refractivity contribution in [2.45, 2.75) is 6.42 Å². The molecule has 6 nitrogen and oxygen atoms in total. The number of H-pyrrole nitrogens is 2. The van der Waals surface area contributed by atoms with Crippen LogP contribution in [0.2, 0.25) is 0 Å². The Labute approximate surface area is 79.9 Å². The molecule has 1 rings (SSSR count). The quantitative estimate of drug-likeness (QED) is 0.235. The van der Waals surface area contributed by atoms with Gasteiger partial charge in [-0.2, -0.15) is 0 Å². The molecule has 1 aromatic heterocycles. The van der Waals surface area contributed by atoms with Gasteiger partial charge in [0.25, 0.3) is 5.56 Å². The van der Waals surface area contributed by atoms with Crippen molar-refractivity contribution >= 4 is 17.3 Å². The molecule has 0 amide bonds. The van der Waals surface area contributed by atoms with Crippen molar-refractivity contribution in [1.82, 2.24) is 20.9 Å². The summed E-state index contributed by atoms with van der Waals surface area (Å²) in [5.41, 5.74) is 3.00. The summed E-state index contributed by atoms with van der Waals surface area (Å²) in [5.74, 6) is 5.04. The van der Waals surface area contributed by atoms with Gasteiger partial charge in [-0.3, -0.25) is 9.89 Å². The third-order valence-electron chi connectivity index (χ3n) is 1.46. The van der Waals surface area contributed by atoms with E-state index in [1.807, 2.05) is 0 Å². The van der Waals surface area contributed by atoms with Gasteiger partial charge in [0.15, 0.2) is 5.11 Å². The molecule has 0 saturated carbocycles. The van der Waals surface area contributed by atoms with Crippen LogP contribution in [0.4, 0.5) is 0 Å². The van der Waals surface area contributed by atoms with Crippen LogP contribution >= 0.6 is 12.2 Å². The molecule has 72 valence electrons. The van der Waals surface area contributed by atoms with Gasteiger partial charge in [0.1, 0.15) is 0 Å². The fourth-order valence-corrected chi connectivity index (χ4v) is 0.971. The Hall–Kier alpha value is -1.34. The summed E-state index contributed by atoms with van der Waals surface area (Å²) in [5, 5.41) is 8.40. The van der Waals surface area contributed by atoms with E-state index >= 15 is 0 Å². The van der Waals surface area contributed by atoms with Crippen LogP contribution in [0.3, 0.4) is 0 Å². The molecular formula is C6H11N5OS. The number of aromatic amines is 2. The van der Waals surface area contributed by atoms with Crippen molar-refractivity contribution in [3.63, 3.8) is 0 Å². The van der Waals surface area contributed by atoms with Gasteiger partial charge in [-0.05, 0) is 12.2 Å². The fourth-order valence-electron chi connectivity index (χ4n) is 0.869. The first-order chi connectivity index (χ1) is 6.22. The molecule has 0 aromatic carbocycles. The molecule has 0 fully saturated rings. The monoisotopic (exact) mass is 201 g/mol. The average molecular weight is 201 g/mol. The number of hydrazine groups is 1. The maximum absolute atomic E-state index is 10.7. The zero-order chi connectivity index (χ0) is 9.68. The molecule has 1 heterocycles. The highest BCUT2D eigenvalue weighted by Crippen LogP contribution is 1.86. The SMILES string of the molecule is NNC(=S)NCCc1cc(=O)[nH][nH]1. The highest BCUT2D eigenvalue weighted by atomic mass is 32.1. The minimum atomic E-state index is -0.130. The zero-order valence-corrected chi connectivity index (χ0v) is 7.70. The van der Waals surface area contributed by atoms with E-state index in [2.05, 4.69) is 20.9 Å². The predicted molar refractivity (Wildman–Crippen MR) is 53.0 cm³/mol. The van der Waals surface area contributed by atoms with Gasteiger partial charge in [-0.1, -0.05) is 0 Å². The highest BCUT2D eigenvalue weighted by molar-refractivity contribution is 7.80. The molecule has 0 saturated heterocycles. The molecule has 7 heteroatoms. The molecule has 6 N–H and O–H groups in total. The van der Waals surface area contributed by atoms with Crippen molar-refractivity contribution in [3.8, 4) is 0 Å². The Morgan fingerprint density at radius 3 is 2.92 bits per heavy atom. The van der Waals surface area contributed by atoms with Gasteiger partial charge in [0, 0.05) is 24.7 Å². The van der Waals surface area contributed by atoms with Crippen molar-refractivity contribution in [3.05, 3.63) is 22.1 Å². The standard InChI is InChI=1S/C6H11N5OS/c7-9-6(13)8-2-1-4-3-5(12)11-10-4/h3H,1-2,7H2,(H2,8,9,13)(H2,10,11,12). The Morgan fingerprint density at radius 1 is 1.62 bits per heavy atom. The van der Waals surface area contributed by atoms with Crippen molar-refractivity contribution in [2.24, 2.45) is 5.84 Å². The molecule has 1 aromatic rings. The minimum absolute atomic E-state index is 0.130. The number of aromatic nitrogens is 2. The summed E-state index contributed by atoms with van der Waals surface area (Å²) < 4.78 is 0. The first-order valence-corrected chi connectivity index (χ1v) is 4.14. The number of nitrogens with one attached hydrogen (secondary N) is 4. The molecule has 0 aliphatic carbocycles. The Balaban J connectivity index is 2.28. The van der Waals surface area contributed by atoms with Gasteiger partial charge >= 0.3 is 0 Å². The second-order valence-electron chi connectivity index (χ2n) is 2.43. The number of rotatable bonds is 3. The third kappa shape index (κ3) is 3.26. The molecule has 0 atom stereocenters. The number of hydrogen-bond acceptors (Lipinski definition) is 3. The van der Waals surface area contributed by atoms with Gasteiger partial charge < -0.3 is 15.8 Å². The average Bonchev–Trinajstić information content (AvgIpc) is 2.51. The topological polar surface area (TPSA) is 98.7 Å². The molecule has 13 heavy (non-hydrogen) atoms. The summed E-state index contributed by atoms with van der Waals surface area (Å²) in [6.45, 7) is 0.622. The predicted octanol–water partition coefficient (Wildman–Crippen LogP) is -1.42. The van der Waals surface area contributed by atoms with Crippen LogP contribution in [0, 0.1) is 0 Å². The van der Waals surface area contributed by atoms with Crippen LogP contribution in [0.25, 0.3) is 0 Å². The van der Waals surface area contributed by atoms with Gasteiger partial charge in [-0.15, -0.1) is 0 Å². The maximum atomic E-state index is 10.7. The Kier molecular flexibility index (Phi) is 3.47. The van der Waals surface area contributed by atoms with Crippen LogP contribution < -0.4 is 22.1 Å². The molecule has 0 spiro atoms. The van der Waals surface area contributed by atoms with Crippen LogP contribution in [0.5, 0.6) is 0 Å². The summed E-state index contributed by atoms with van der Waals surface area (Å²) in [4.78, 5) is 10.7. The second kappa shape index (κ2) is 4.63. The van der Waals surface area contributed by atoms with Gasteiger partial charge in [0.05, 0.1) is 0 Å². The Bertz CT molecular complexity index is 330.